The van der Waals surface area contributed by atoms with Crippen LogP contribution in [0.3, 0.4) is 0 Å². The molecule has 3 N–H and O–H groups in total. The van der Waals surface area contributed by atoms with E-state index < -0.39 is 17.8 Å². The summed E-state index contributed by atoms with van der Waals surface area (Å²) in [5.74, 6) is -1.69. The number of amides is 5. The summed E-state index contributed by atoms with van der Waals surface area (Å²) in [6.07, 6.45) is 1.26. The molecule has 0 saturated carbocycles. The number of aryl methyl sites for hydroxylation is 1. The lowest BCUT2D eigenvalue weighted by atomic mass is 10.1. The van der Waals surface area contributed by atoms with Crippen LogP contribution in [0.25, 0.3) is 6.08 Å². The molecule has 0 aromatic heterocycles. The first kappa shape index (κ1) is 22.8. The summed E-state index contributed by atoms with van der Waals surface area (Å²) < 4.78 is 11.2. The number of barbiturate groups is 1. The Kier molecular flexibility index (Phi) is 7.11. The molecule has 1 aliphatic rings. The highest BCUT2D eigenvalue weighted by Crippen LogP contribution is 2.37. The summed E-state index contributed by atoms with van der Waals surface area (Å²) in [7, 11) is 0. The number of urea groups is 1. The highest BCUT2D eigenvalue weighted by molar-refractivity contribution is 6.33. The molecule has 0 unspecified atom stereocenters. The van der Waals surface area contributed by atoms with Crippen LogP contribution in [0.15, 0.2) is 42.0 Å². The van der Waals surface area contributed by atoms with Crippen molar-refractivity contribution in [1.29, 1.82) is 0 Å². The van der Waals surface area contributed by atoms with Crippen molar-refractivity contribution in [3.63, 3.8) is 0 Å². The number of carbonyl (C=O) groups excluding carboxylic acids is 4. The molecular weight excluding hydrogens is 438 g/mol. The fourth-order valence-corrected chi connectivity index (χ4v) is 3.18. The van der Waals surface area contributed by atoms with Crippen molar-refractivity contribution in [2.45, 2.75) is 13.8 Å². The van der Waals surface area contributed by atoms with Gasteiger partial charge in [-0.1, -0.05) is 23.7 Å². The van der Waals surface area contributed by atoms with Crippen molar-refractivity contribution in [3.8, 4) is 11.5 Å². The summed E-state index contributed by atoms with van der Waals surface area (Å²) in [6, 6.07) is 9.38. The predicted octanol–water partition coefficient (Wildman–Crippen LogP) is 2.81. The van der Waals surface area contributed by atoms with Gasteiger partial charge in [0.2, 0.25) is 0 Å². The number of hydrogen-bond acceptors (Lipinski definition) is 6. The fourth-order valence-electron chi connectivity index (χ4n) is 2.90. The number of imide groups is 2. The van der Waals surface area contributed by atoms with Gasteiger partial charge in [-0.25, -0.2) is 4.79 Å². The number of ether oxygens (including phenoxy) is 2. The summed E-state index contributed by atoms with van der Waals surface area (Å²) in [5.41, 5.74) is 1.73. The second-order valence-corrected chi connectivity index (χ2v) is 7.17. The van der Waals surface area contributed by atoms with Gasteiger partial charge in [-0.3, -0.25) is 25.0 Å². The fraction of sp³-hybridized carbons (Fsp3) is 0.182. The molecule has 0 atom stereocenters. The van der Waals surface area contributed by atoms with E-state index in [-0.39, 0.29) is 41.2 Å². The largest absolute Gasteiger partial charge is 0.490 e. The van der Waals surface area contributed by atoms with Crippen LogP contribution in [0.5, 0.6) is 11.5 Å². The summed E-state index contributed by atoms with van der Waals surface area (Å²) >= 11 is 6.33. The predicted molar refractivity (Wildman–Crippen MR) is 118 cm³/mol. The van der Waals surface area contributed by atoms with Gasteiger partial charge in [-0.15, -0.1) is 0 Å². The van der Waals surface area contributed by atoms with Crippen LogP contribution in [0.4, 0.5) is 10.5 Å². The van der Waals surface area contributed by atoms with E-state index in [1.807, 2.05) is 35.8 Å². The number of nitrogens with one attached hydrogen (secondary N) is 3. The van der Waals surface area contributed by atoms with Crippen LogP contribution >= 0.6 is 11.6 Å². The van der Waals surface area contributed by atoms with Gasteiger partial charge in [0.15, 0.2) is 18.1 Å². The molecule has 1 saturated heterocycles. The Morgan fingerprint density at radius 2 is 1.81 bits per heavy atom. The van der Waals surface area contributed by atoms with Crippen LogP contribution in [0, 0.1) is 6.92 Å². The lowest BCUT2D eigenvalue weighted by Crippen LogP contribution is -2.51. The van der Waals surface area contributed by atoms with Gasteiger partial charge in [0.1, 0.15) is 5.57 Å². The molecule has 2 aromatic carbocycles. The number of benzene rings is 2. The molecule has 1 fully saturated rings. The van der Waals surface area contributed by atoms with Crippen molar-refractivity contribution in [3.05, 3.63) is 58.1 Å². The van der Waals surface area contributed by atoms with Crippen LogP contribution in [-0.4, -0.2) is 37.0 Å². The smallest absolute Gasteiger partial charge is 0.328 e. The van der Waals surface area contributed by atoms with E-state index in [0.29, 0.717) is 11.3 Å². The summed E-state index contributed by atoms with van der Waals surface area (Å²) in [5, 5.41) is 6.82. The van der Waals surface area contributed by atoms with Crippen LogP contribution in [0.2, 0.25) is 5.02 Å². The van der Waals surface area contributed by atoms with Gasteiger partial charge in [-0.05, 0) is 55.3 Å². The van der Waals surface area contributed by atoms with Gasteiger partial charge in [0.05, 0.1) is 11.6 Å². The summed E-state index contributed by atoms with van der Waals surface area (Å²) in [4.78, 5) is 47.3. The Hall–Kier alpha value is -3.85. The van der Waals surface area contributed by atoms with E-state index in [2.05, 4.69) is 5.32 Å². The summed E-state index contributed by atoms with van der Waals surface area (Å²) in [6.45, 7) is 3.62. The van der Waals surface area contributed by atoms with E-state index in [0.717, 1.165) is 5.56 Å². The SMILES string of the molecule is CCOc1cc(C=C2C(=O)NC(=O)NC2=O)cc(Cl)c1OCC(=O)Nc1cccc(C)c1. The Bertz CT molecular complexity index is 1110. The topological polar surface area (TPSA) is 123 Å². The molecule has 5 amide bonds. The molecule has 0 radical (unpaired) electrons. The Morgan fingerprint density at radius 1 is 1.09 bits per heavy atom. The van der Waals surface area contributed by atoms with Gasteiger partial charge in [-0.2, -0.15) is 0 Å². The molecule has 3 rings (SSSR count). The normalized spacial score (nSPS) is 13.2. The average molecular weight is 458 g/mol. The van der Waals surface area contributed by atoms with E-state index in [9.17, 15) is 19.2 Å². The number of carbonyl (C=O) groups is 4. The lowest BCUT2D eigenvalue weighted by Gasteiger charge is -2.16. The highest BCUT2D eigenvalue weighted by Gasteiger charge is 2.28. The van der Waals surface area contributed by atoms with Crippen molar-refractivity contribution in [2.75, 3.05) is 18.5 Å². The first-order valence-electron chi connectivity index (χ1n) is 9.61. The van der Waals surface area contributed by atoms with Gasteiger partial charge in [0.25, 0.3) is 17.7 Å². The van der Waals surface area contributed by atoms with Crippen molar-refractivity contribution in [1.82, 2.24) is 10.6 Å². The third-order valence-electron chi connectivity index (χ3n) is 4.24. The zero-order valence-electron chi connectivity index (χ0n) is 17.3. The minimum absolute atomic E-state index is 0.110. The molecule has 10 heteroatoms. The zero-order chi connectivity index (χ0) is 23.3. The van der Waals surface area contributed by atoms with Gasteiger partial charge < -0.3 is 14.8 Å². The van der Waals surface area contributed by atoms with Crippen molar-refractivity contribution in [2.24, 2.45) is 0 Å². The van der Waals surface area contributed by atoms with Crippen molar-refractivity contribution >= 4 is 47.1 Å². The maximum Gasteiger partial charge on any atom is 0.328 e. The van der Waals surface area contributed by atoms with E-state index in [1.165, 1.54) is 18.2 Å². The molecule has 2 aromatic rings. The molecule has 1 heterocycles. The number of anilines is 1. The molecule has 9 nitrogen and oxygen atoms in total. The average Bonchev–Trinajstić information content (AvgIpc) is 2.70. The third kappa shape index (κ3) is 5.64. The van der Waals surface area contributed by atoms with Crippen LogP contribution < -0.4 is 25.4 Å². The quantitative estimate of drug-likeness (QED) is 0.434. The zero-order valence-corrected chi connectivity index (χ0v) is 18.0. The second-order valence-electron chi connectivity index (χ2n) is 6.76. The van der Waals surface area contributed by atoms with Crippen molar-refractivity contribution < 1.29 is 28.7 Å². The maximum atomic E-state index is 12.3. The molecule has 32 heavy (non-hydrogen) atoms. The number of rotatable bonds is 7. The third-order valence-corrected chi connectivity index (χ3v) is 4.52. The van der Waals surface area contributed by atoms with Gasteiger partial charge in [0, 0.05) is 5.69 Å². The van der Waals surface area contributed by atoms with Crippen LogP contribution in [-0.2, 0) is 14.4 Å². The molecule has 0 bridgehead atoms. The Balaban J connectivity index is 1.79. The molecule has 0 spiro atoms. The Labute approximate surface area is 188 Å². The van der Waals surface area contributed by atoms with E-state index in [1.54, 1.807) is 13.0 Å². The minimum Gasteiger partial charge on any atom is -0.490 e. The lowest BCUT2D eigenvalue weighted by molar-refractivity contribution is -0.124. The molecule has 166 valence electrons. The Morgan fingerprint density at radius 3 is 2.47 bits per heavy atom. The first-order chi connectivity index (χ1) is 15.3. The van der Waals surface area contributed by atoms with Crippen LogP contribution in [0.1, 0.15) is 18.1 Å². The number of halogens is 1. The monoisotopic (exact) mass is 457 g/mol. The second kappa shape index (κ2) is 9.97. The van der Waals surface area contributed by atoms with Gasteiger partial charge >= 0.3 is 6.03 Å². The number of hydrogen-bond donors (Lipinski definition) is 3. The maximum absolute atomic E-state index is 12.3. The highest BCUT2D eigenvalue weighted by atomic mass is 35.5. The van der Waals surface area contributed by atoms with E-state index in [4.69, 9.17) is 21.1 Å². The minimum atomic E-state index is -0.891. The molecule has 1 aliphatic heterocycles. The van der Waals surface area contributed by atoms with E-state index >= 15 is 0 Å². The molecule has 0 aliphatic carbocycles. The first-order valence-corrected chi connectivity index (χ1v) is 9.98. The standard InChI is InChI=1S/C22H20ClN3O6/c1-3-31-17-10-13(8-15-20(28)25-22(30)26-21(15)29)9-16(23)19(17)32-11-18(27)24-14-6-4-5-12(2)7-14/h4-10H,3,11H2,1-2H3,(H,24,27)(H2,25,26,28,29,30). The molecular formula is C22H20ClN3O6.